The zero-order chi connectivity index (χ0) is 16.4. The zero-order valence-electron chi connectivity index (χ0n) is 12.3. The van der Waals surface area contributed by atoms with Gasteiger partial charge >= 0.3 is 5.97 Å². The molecule has 3 rings (SSSR count). The fourth-order valence-electron chi connectivity index (χ4n) is 2.62. The van der Waals surface area contributed by atoms with Gasteiger partial charge in [0.15, 0.2) is 0 Å². The maximum atomic E-state index is 12.3. The molecule has 23 heavy (non-hydrogen) atoms. The van der Waals surface area contributed by atoms with Crippen molar-refractivity contribution >= 4 is 27.3 Å². The Hall–Kier alpha value is -1.04. The topological polar surface area (TPSA) is 100 Å². The summed E-state index contributed by atoms with van der Waals surface area (Å²) in [6.07, 6.45) is -1.27. The molecule has 1 aromatic rings. The van der Waals surface area contributed by atoms with Crippen LogP contribution in [0.1, 0.15) is 0 Å². The van der Waals surface area contributed by atoms with E-state index in [0.29, 0.717) is 0 Å². The van der Waals surface area contributed by atoms with Gasteiger partial charge in [-0.1, -0.05) is 6.07 Å². The van der Waals surface area contributed by atoms with Crippen molar-refractivity contribution in [2.24, 2.45) is 0 Å². The minimum absolute atomic E-state index is 0.192. The predicted octanol–water partition coefficient (Wildman–Crippen LogP) is -0.249. The van der Waals surface area contributed by atoms with Crippen LogP contribution in [0.25, 0.3) is 0 Å². The third-order valence-electron chi connectivity index (χ3n) is 3.72. The first-order chi connectivity index (χ1) is 11.0. The number of ether oxygens (including phenoxy) is 4. The van der Waals surface area contributed by atoms with Crippen LogP contribution in [0.5, 0.6) is 0 Å². The lowest BCUT2D eigenvalue weighted by molar-refractivity contribution is -0.150. The first-order valence-electron chi connectivity index (χ1n) is 6.99. The normalized spacial score (nSPS) is 30.3. The van der Waals surface area contributed by atoms with Gasteiger partial charge in [0, 0.05) is 0 Å². The van der Waals surface area contributed by atoms with Crippen LogP contribution in [0.2, 0.25) is 0 Å². The van der Waals surface area contributed by atoms with Crippen LogP contribution in [0.15, 0.2) is 21.7 Å². The van der Waals surface area contributed by atoms with Crippen LogP contribution in [-0.4, -0.2) is 65.7 Å². The molecule has 10 heteroatoms. The Morgan fingerprint density at radius 2 is 2.17 bits per heavy atom. The first-order valence-corrected chi connectivity index (χ1v) is 9.35. The SMILES string of the molecule is COC(=O)COC1COC2C(NS(=O)(=O)c3cccs3)COC12. The summed E-state index contributed by atoms with van der Waals surface area (Å²) < 4.78 is 48.5. The Morgan fingerprint density at radius 1 is 1.39 bits per heavy atom. The smallest absolute Gasteiger partial charge is 0.331 e. The summed E-state index contributed by atoms with van der Waals surface area (Å²) in [5.74, 6) is -0.485. The Balaban J connectivity index is 1.60. The third kappa shape index (κ3) is 3.57. The molecule has 2 aliphatic rings. The molecule has 0 amide bonds. The molecule has 1 aromatic heterocycles. The molecule has 2 saturated heterocycles. The Bertz CT molecular complexity index is 645. The van der Waals surface area contributed by atoms with Crippen molar-refractivity contribution in [3.63, 3.8) is 0 Å². The van der Waals surface area contributed by atoms with E-state index in [1.165, 1.54) is 13.2 Å². The van der Waals surface area contributed by atoms with E-state index < -0.39 is 40.3 Å². The second-order valence-corrected chi connectivity index (χ2v) is 8.07. The molecule has 0 spiro atoms. The molecule has 0 saturated carbocycles. The lowest BCUT2D eigenvalue weighted by Crippen LogP contribution is -2.44. The number of hydrogen-bond acceptors (Lipinski definition) is 8. The van der Waals surface area contributed by atoms with Crippen molar-refractivity contribution in [1.82, 2.24) is 4.72 Å². The van der Waals surface area contributed by atoms with E-state index in [9.17, 15) is 13.2 Å². The summed E-state index contributed by atoms with van der Waals surface area (Å²) in [7, 11) is -2.31. The number of fused-ring (bicyclic) bond motifs is 1. The fraction of sp³-hybridized carbons (Fsp3) is 0.615. The number of carbonyl (C=O) groups excluding carboxylic acids is 1. The number of esters is 1. The summed E-state index contributed by atoms with van der Waals surface area (Å²) in [6.45, 7) is 0.240. The van der Waals surface area contributed by atoms with Crippen LogP contribution < -0.4 is 4.72 Å². The minimum Gasteiger partial charge on any atom is -0.467 e. The van der Waals surface area contributed by atoms with Gasteiger partial charge < -0.3 is 18.9 Å². The highest BCUT2D eigenvalue weighted by Gasteiger charge is 2.49. The standard InChI is InChI=1S/C13H17NO7S2/c1-18-10(15)7-19-9-6-21-12-8(5-20-13(9)12)14-23(16,17)11-3-2-4-22-11/h2-4,8-9,12-14H,5-7H2,1H3. The second kappa shape index (κ2) is 6.83. The minimum atomic E-state index is -3.59. The van der Waals surface area contributed by atoms with Crippen LogP contribution in [-0.2, 0) is 33.8 Å². The Kier molecular flexibility index (Phi) is 4.99. The summed E-state index contributed by atoms with van der Waals surface area (Å²) >= 11 is 1.14. The highest BCUT2D eigenvalue weighted by Crippen LogP contribution is 2.30. The molecule has 128 valence electrons. The van der Waals surface area contributed by atoms with Crippen molar-refractivity contribution in [3.8, 4) is 0 Å². The molecule has 4 unspecified atom stereocenters. The van der Waals surface area contributed by atoms with Crippen molar-refractivity contribution in [1.29, 1.82) is 0 Å². The molecular formula is C13H17NO7S2. The second-order valence-electron chi connectivity index (χ2n) is 5.18. The van der Waals surface area contributed by atoms with Gasteiger partial charge in [0.1, 0.15) is 29.1 Å². The van der Waals surface area contributed by atoms with E-state index in [0.717, 1.165) is 11.3 Å². The van der Waals surface area contributed by atoms with Gasteiger partial charge in [0.25, 0.3) is 0 Å². The monoisotopic (exact) mass is 363 g/mol. The summed E-state index contributed by atoms with van der Waals surface area (Å²) in [6, 6.07) is 2.73. The molecule has 0 aliphatic carbocycles. The molecule has 3 heterocycles. The van der Waals surface area contributed by atoms with Gasteiger partial charge in [0.2, 0.25) is 10.0 Å². The maximum absolute atomic E-state index is 12.3. The number of nitrogens with one attached hydrogen (secondary N) is 1. The number of thiophene rings is 1. The van der Waals surface area contributed by atoms with E-state index in [1.54, 1.807) is 11.4 Å². The summed E-state index contributed by atoms with van der Waals surface area (Å²) in [4.78, 5) is 11.1. The molecule has 2 aliphatic heterocycles. The first kappa shape index (κ1) is 16.8. The lowest BCUT2D eigenvalue weighted by Gasteiger charge is -2.17. The van der Waals surface area contributed by atoms with Gasteiger partial charge in [-0.25, -0.2) is 17.9 Å². The molecule has 4 atom stereocenters. The van der Waals surface area contributed by atoms with Crippen molar-refractivity contribution in [2.75, 3.05) is 26.9 Å². The molecular weight excluding hydrogens is 346 g/mol. The molecule has 8 nitrogen and oxygen atoms in total. The molecule has 0 radical (unpaired) electrons. The number of sulfonamides is 1. The number of methoxy groups -OCH3 is 1. The van der Waals surface area contributed by atoms with Crippen LogP contribution in [0, 0.1) is 0 Å². The largest absolute Gasteiger partial charge is 0.467 e. The van der Waals surface area contributed by atoms with E-state index >= 15 is 0 Å². The number of hydrogen-bond donors (Lipinski definition) is 1. The van der Waals surface area contributed by atoms with Gasteiger partial charge in [-0.2, -0.15) is 0 Å². The van der Waals surface area contributed by atoms with E-state index in [2.05, 4.69) is 9.46 Å². The quantitative estimate of drug-likeness (QED) is 0.696. The van der Waals surface area contributed by atoms with E-state index in [-0.39, 0.29) is 24.0 Å². The van der Waals surface area contributed by atoms with Crippen molar-refractivity contribution < 1.29 is 32.2 Å². The highest BCUT2D eigenvalue weighted by molar-refractivity contribution is 7.91. The number of rotatable bonds is 6. The highest BCUT2D eigenvalue weighted by atomic mass is 32.2. The Morgan fingerprint density at radius 3 is 2.87 bits per heavy atom. The average Bonchev–Trinajstić information content (AvgIpc) is 3.24. The van der Waals surface area contributed by atoms with Crippen LogP contribution in [0.4, 0.5) is 0 Å². The van der Waals surface area contributed by atoms with Crippen LogP contribution >= 0.6 is 11.3 Å². The van der Waals surface area contributed by atoms with E-state index in [1.807, 2.05) is 0 Å². The van der Waals surface area contributed by atoms with Gasteiger partial charge in [-0.15, -0.1) is 11.3 Å². The third-order valence-corrected chi connectivity index (χ3v) is 6.60. The van der Waals surface area contributed by atoms with Crippen molar-refractivity contribution in [3.05, 3.63) is 17.5 Å². The molecule has 2 fully saturated rings. The maximum Gasteiger partial charge on any atom is 0.331 e. The summed E-state index contributed by atoms with van der Waals surface area (Å²) in [5.41, 5.74) is 0. The number of carbonyl (C=O) groups is 1. The predicted molar refractivity (Wildman–Crippen MR) is 79.7 cm³/mol. The molecule has 1 N–H and O–H groups in total. The van der Waals surface area contributed by atoms with Crippen molar-refractivity contribution in [2.45, 2.75) is 28.6 Å². The van der Waals surface area contributed by atoms with E-state index in [4.69, 9.17) is 14.2 Å². The Labute approximate surface area is 137 Å². The van der Waals surface area contributed by atoms with Gasteiger partial charge in [-0.05, 0) is 11.4 Å². The van der Waals surface area contributed by atoms with Gasteiger partial charge in [0.05, 0.1) is 26.4 Å². The molecule has 0 aromatic carbocycles. The zero-order valence-corrected chi connectivity index (χ0v) is 14.0. The lowest BCUT2D eigenvalue weighted by atomic mass is 10.1. The summed E-state index contributed by atoms with van der Waals surface area (Å²) in [5, 5.41) is 1.70. The fourth-order valence-corrected chi connectivity index (χ4v) is 4.86. The van der Waals surface area contributed by atoms with Gasteiger partial charge in [-0.3, -0.25) is 0 Å². The van der Waals surface area contributed by atoms with Crippen LogP contribution in [0.3, 0.4) is 0 Å². The average molecular weight is 363 g/mol. The molecule has 0 bridgehead atoms.